The van der Waals surface area contributed by atoms with Crippen molar-refractivity contribution in [1.29, 1.82) is 0 Å². The van der Waals surface area contributed by atoms with Crippen LogP contribution in [0.25, 0.3) is 0 Å². The number of nitrogens with one attached hydrogen (secondary N) is 2. The van der Waals surface area contributed by atoms with E-state index < -0.39 is 5.25 Å². The number of pyridine rings is 1. The summed E-state index contributed by atoms with van der Waals surface area (Å²) in [6.07, 6.45) is 2.77. The van der Waals surface area contributed by atoms with Gasteiger partial charge in [0.1, 0.15) is 5.82 Å². The average Bonchev–Trinajstić information content (AvgIpc) is 2.73. The van der Waals surface area contributed by atoms with Crippen LogP contribution in [-0.2, 0) is 14.4 Å². The predicted octanol–water partition coefficient (Wildman–Crippen LogP) is 2.37. The zero-order valence-electron chi connectivity index (χ0n) is 15.1. The Bertz CT molecular complexity index is 897. The average molecular weight is 396 g/mol. The number of carbonyl (C=O) groups is 3. The van der Waals surface area contributed by atoms with Crippen molar-refractivity contribution < 1.29 is 14.4 Å². The molecule has 2 N–H and O–H groups in total. The van der Waals surface area contributed by atoms with Gasteiger partial charge < -0.3 is 15.5 Å². The predicted molar refractivity (Wildman–Crippen MR) is 107 cm³/mol. The SMILES string of the molecule is O=C(Nc1ccccn1)C1CCN(C(=O)C2Sc3ccccc3NC2=O)CC1. The van der Waals surface area contributed by atoms with Gasteiger partial charge in [0.05, 0.1) is 5.69 Å². The molecule has 0 spiro atoms. The Morgan fingerprint density at radius 3 is 2.61 bits per heavy atom. The maximum absolute atomic E-state index is 12.9. The molecule has 28 heavy (non-hydrogen) atoms. The molecule has 1 aromatic carbocycles. The van der Waals surface area contributed by atoms with Gasteiger partial charge in [0.25, 0.3) is 0 Å². The summed E-state index contributed by atoms with van der Waals surface area (Å²) in [6.45, 7) is 0.927. The molecule has 2 aromatic rings. The van der Waals surface area contributed by atoms with Crippen LogP contribution in [0.5, 0.6) is 0 Å². The topological polar surface area (TPSA) is 91.4 Å². The third kappa shape index (κ3) is 3.87. The number of aromatic nitrogens is 1. The lowest BCUT2D eigenvalue weighted by atomic mass is 9.95. The molecule has 2 aliphatic heterocycles. The highest BCUT2D eigenvalue weighted by atomic mass is 32.2. The quantitative estimate of drug-likeness (QED) is 0.778. The molecule has 3 amide bonds. The molecule has 3 heterocycles. The first kappa shape index (κ1) is 18.5. The minimum absolute atomic E-state index is 0.0792. The summed E-state index contributed by atoms with van der Waals surface area (Å²) in [5, 5.41) is 4.84. The Hall–Kier alpha value is -2.87. The number of anilines is 2. The molecule has 4 rings (SSSR count). The zero-order valence-corrected chi connectivity index (χ0v) is 15.9. The Kier molecular flexibility index (Phi) is 5.29. The number of para-hydroxylation sites is 1. The summed E-state index contributed by atoms with van der Waals surface area (Å²) in [6, 6.07) is 12.8. The molecular weight excluding hydrogens is 376 g/mol. The molecule has 1 aromatic heterocycles. The second kappa shape index (κ2) is 8.02. The van der Waals surface area contributed by atoms with E-state index in [4.69, 9.17) is 0 Å². The number of likely N-dealkylation sites (tertiary alicyclic amines) is 1. The summed E-state index contributed by atoms with van der Waals surface area (Å²) < 4.78 is 0. The van der Waals surface area contributed by atoms with Crippen molar-refractivity contribution in [3.63, 3.8) is 0 Å². The van der Waals surface area contributed by atoms with Crippen LogP contribution in [-0.4, -0.2) is 45.9 Å². The summed E-state index contributed by atoms with van der Waals surface area (Å²) in [7, 11) is 0. The third-order valence-electron chi connectivity index (χ3n) is 4.95. The van der Waals surface area contributed by atoms with Crippen molar-refractivity contribution >= 4 is 41.0 Å². The van der Waals surface area contributed by atoms with Crippen LogP contribution in [0.3, 0.4) is 0 Å². The Morgan fingerprint density at radius 2 is 1.86 bits per heavy atom. The number of fused-ring (bicyclic) bond motifs is 1. The minimum Gasteiger partial charge on any atom is -0.341 e. The fourth-order valence-electron chi connectivity index (χ4n) is 3.41. The van der Waals surface area contributed by atoms with E-state index in [9.17, 15) is 14.4 Å². The van der Waals surface area contributed by atoms with Crippen molar-refractivity contribution in [3.05, 3.63) is 48.7 Å². The van der Waals surface area contributed by atoms with Crippen LogP contribution in [0.1, 0.15) is 12.8 Å². The summed E-state index contributed by atoms with van der Waals surface area (Å²) >= 11 is 1.28. The lowest BCUT2D eigenvalue weighted by Crippen LogP contribution is -2.48. The number of benzene rings is 1. The van der Waals surface area contributed by atoms with Gasteiger partial charge in [-0.1, -0.05) is 18.2 Å². The third-order valence-corrected chi connectivity index (χ3v) is 6.21. The largest absolute Gasteiger partial charge is 0.341 e. The highest BCUT2D eigenvalue weighted by Gasteiger charge is 2.37. The first-order valence-electron chi connectivity index (χ1n) is 9.19. The zero-order chi connectivity index (χ0) is 19.5. The normalized spacial score (nSPS) is 19.5. The molecule has 1 atom stereocenters. The van der Waals surface area contributed by atoms with Crippen LogP contribution < -0.4 is 10.6 Å². The molecule has 1 unspecified atom stereocenters. The van der Waals surface area contributed by atoms with Crippen molar-refractivity contribution in [2.45, 2.75) is 23.0 Å². The molecule has 144 valence electrons. The van der Waals surface area contributed by atoms with Gasteiger partial charge in [0.2, 0.25) is 17.7 Å². The van der Waals surface area contributed by atoms with E-state index in [1.54, 1.807) is 23.2 Å². The van der Waals surface area contributed by atoms with Crippen LogP contribution >= 0.6 is 11.8 Å². The smallest absolute Gasteiger partial charge is 0.247 e. The van der Waals surface area contributed by atoms with E-state index in [0.717, 1.165) is 10.6 Å². The highest BCUT2D eigenvalue weighted by Crippen LogP contribution is 2.36. The maximum Gasteiger partial charge on any atom is 0.247 e. The minimum atomic E-state index is -0.784. The van der Waals surface area contributed by atoms with E-state index >= 15 is 0 Å². The number of hydrogen-bond donors (Lipinski definition) is 2. The molecule has 0 aliphatic carbocycles. The van der Waals surface area contributed by atoms with Crippen molar-refractivity contribution in [1.82, 2.24) is 9.88 Å². The monoisotopic (exact) mass is 396 g/mol. The molecule has 7 nitrogen and oxygen atoms in total. The Morgan fingerprint density at radius 1 is 1.11 bits per heavy atom. The fourth-order valence-corrected chi connectivity index (χ4v) is 4.48. The molecule has 0 radical (unpaired) electrons. The summed E-state index contributed by atoms with van der Waals surface area (Å²) in [5.74, 6) is -0.201. The number of nitrogens with zero attached hydrogens (tertiary/aromatic N) is 2. The Labute approximate surface area is 166 Å². The van der Waals surface area contributed by atoms with Gasteiger partial charge in [0, 0.05) is 30.1 Å². The molecular formula is C20H20N4O3S. The van der Waals surface area contributed by atoms with E-state index in [2.05, 4.69) is 15.6 Å². The van der Waals surface area contributed by atoms with Crippen molar-refractivity contribution in [3.8, 4) is 0 Å². The molecule has 2 aliphatic rings. The van der Waals surface area contributed by atoms with Crippen LogP contribution in [0.15, 0.2) is 53.6 Å². The Balaban J connectivity index is 1.34. The van der Waals surface area contributed by atoms with E-state index in [-0.39, 0.29) is 23.6 Å². The standard InChI is InChI=1S/C20H20N4O3S/c25-18(23-16-7-3-4-10-21-16)13-8-11-24(12-9-13)20(27)17-19(26)22-14-5-1-2-6-15(14)28-17/h1-7,10,13,17H,8-9,11-12H2,(H,22,26)(H,21,23,25). The van der Waals surface area contributed by atoms with Gasteiger partial charge in [-0.25, -0.2) is 4.98 Å². The molecule has 1 saturated heterocycles. The van der Waals surface area contributed by atoms with Crippen LogP contribution in [0.2, 0.25) is 0 Å². The lowest BCUT2D eigenvalue weighted by Gasteiger charge is -2.34. The number of hydrogen-bond acceptors (Lipinski definition) is 5. The lowest BCUT2D eigenvalue weighted by molar-refractivity contribution is -0.136. The van der Waals surface area contributed by atoms with Gasteiger partial charge in [0.15, 0.2) is 5.25 Å². The first-order chi connectivity index (χ1) is 13.6. The van der Waals surface area contributed by atoms with Crippen LogP contribution in [0, 0.1) is 5.92 Å². The summed E-state index contributed by atoms with van der Waals surface area (Å²) in [5.41, 5.74) is 0.742. The van der Waals surface area contributed by atoms with Gasteiger partial charge in [-0.15, -0.1) is 11.8 Å². The molecule has 1 fully saturated rings. The highest BCUT2D eigenvalue weighted by molar-refractivity contribution is 8.01. The van der Waals surface area contributed by atoms with Gasteiger partial charge in [-0.2, -0.15) is 0 Å². The number of carbonyl (C=O) groups excluding carboxylic acids is 3. The van der Waals surface area contributed by atoms with E-state index in [0.29, 0.717) is 31.7 Å². The molecule has 0 saturated carbocycles. The number of thioether (sulfide) groups is 1. The second-order valence-electron chi connectivity index (χ2n) is 6.79. The molecule has 0 bridgehead atoms. The second-order valence-corrected chi connectivity index (χ2v) is 7.93. The van der Waals surface area contributed by atoms with Crippen LogP contribution in [0.4, 0.5) is 11.5 Å². The fraction of sp³-hybridized carbons (Fsp3) is 0.300. The summed E-state index contributed by atoms with van der Waals surface area (Å²) in [4.78, 5) is 44.3. The van der Waals surface area contributed by atoms with Crippen molar-refractivity contribution in [2.24, 2.45) is 5.92 Å². The maximum atomic E-state index is 12.9. The van der Waals surface area contributed by atoms with Gasteiger partial charge >= 0.3 is 0 Å². The van der Waals surface area contributed by atoms with Crippen molar-refractivity contribution in [2.75, 3.05) is 23.7 Å². The number of rotatable bonds is 3. The van der Waals surface area contributed by atoms with E-state index in [1.807, 2.05) is 30.3 Å². The number of amides is 3. The van der Waals surface area contributed by atoms with E-state index in [1.165, 1.54) is 11.8 Å². The number of piperidine rings is 1. The van der Waals surface area contributed by atoms with Gasteiger partial charge in [-0.3, -0.25) is 14.4 Å². The molecule has 8 heteroatoms. The first-order valence-corrected chi connectivity index (χ1v) is 10.1. The van der Waals surface area contributed by atoms with Gasteiger partial charge in [-0.05, 0) is 37.1 Å².